The fourth-order valence-corrected chi connectivity index (χ4v) is 2.35. The number of carbonyl (C=O) groups excluding carboxylic acids is 1. The van der Waals surface area contributed by atoms with Gasteiger partial charge in [-0.15, -0.1) is 5.10 Å². The lowest BCUT2D eigenvalue weighted by molar-refractivity contribution is 0.0994. The molecule has 19 heavy (non-hydrogen) atoms. The highest BCUT2D eigenvalue weighted by molar-refractivity contribution is 9.10. The number of amides is 1. The van der Waals surface area contributed by atoms with Gasteiger partial charge >= 0.3 is 0 Å². The fourth-order valence-electron chi connectivity index (χ4n) is 1.85. The minimum atomic E-state index is -0.323. The zero-order chi connectivity index (χ0) is 13.4. The van der Waals surface area contributed by atoms with Crippen molar-refractivity contribution in [3.05, 3.63) is 39.9 Å². The van der Waals surface area contributed by atoms with Gasteiger partial charge in [0, 0.05) is 11.5 Å². The van der Waals surface area contributed by atoms with Gasteiger partial charge in [-0.25, -0.2) is 0 Å². The molecule has 1 amide bonds. The largest absolute Gasteiger partial charge is 0.444 e. The Bertz CT molecular complexity index is 617. The first kappa shape index (κ1) is 12.3. The van der Waals surface area contributed by atoms with Crippen LogP contribution in [0.3, 0.4) is 0 Å². The van der Waals surface area contributed by atoms with Crippen molar-refractivity contribution in [2.45, 2.75) is 25.7 Å². The van der Waals surface area contributed by atoms with Gasteiger partial charge in [0.15, 0.2) is 16.2 Å². The molecule has 0 spiro atoms. The van der Waals surface area contributed by atoms with Crippen LogP contribution in [-0.4, -0.2) is 16.1 Å². The lowest BCUT2D eigenvalue weighted by atomic mass is 10.2. The molecule has 0 aromatic carbocycles. The second-order valence-electron chi connectivity index (χ2n) is 4.63. The van der Waals surface area contributed by atoms with Gasteiger partial charge in [-0.05, 0) is 53.9 Å². The third kappa shape index (κ3) is 2.68. The van der Waals surface area contributed by atoms with Crippen LogP contribution in [0.4, 0.5) is 5.82 Å². The zero-order valence-corrected chi connectivity index (χ0v) is 11.9. The van der Waals surface area contributed by atoms with E-state index in [9.17, 15) is 4.79 Å². The summed E-state index contributed by atoms with van der Waals surface area (Å²) in [5, 5.41) is 10.8. The summed E-state index contributed by atoms with van der Waals surface area (Å²) < 4.78 is 5.81. The van der Waals surface area contributed by atoms with E-state index < -0.39 is 0 Å². The van der Waals surface area contributed by atoms with Gasteiger partial charge in [0.25, 0.3) is 5.91 Å². The smallest absolute Gasteiger partial charge is 0.292 e. The Kier molecular flexibility index (Phi) is 3.10. The van der Waals surface area contributed by atoms with Crippen LogP contribution in [0.2, 0.25) is 0 Å². The molecule has 0 saturated heterocycles. The molecular weight excluding hydrogens is 310 g/mol. The van der Waals surface area contributed by atoms with Crippen LogP contribution in [0, 0.1) is 6.92 Å². The Morgan fingerprint density at radius 2 is 2.21 bits per heavy atom. The summed E-state index contributed by atoms with van der Waals surface area (Å²) in [5.74, 6) is 0.943. The summed E-state index contributed by atoms with van der Waals surface area (Å²) in [5.41, 5.74) is 1.77. The Hall–Kier alpha value is -1.69. The van der Waals surface area contributed by atoms with Crippen molar-refractivity contribution in [1.29, 1.82) is 0 Å². The first-order valence-electron chi connectivity index (χ1n) is 6.04. The first-order valence-corrected chi connectivity index (χ1v) is 6.83. The van der Waals surface area contributed by atoms with E-state index in [-0.39, 0.29) is 11.7 Å². The summed E-state index contributed by atoms with van der Waals surface area (Å²) >= 11 is 3.19. The fraction of sp³-hybridized carbons (Fsp3) is 0.308. The summed E-state index contributed by atoms with van der Waals surface area (Å²) in [6.07, 6.45) is 2.36. The van der Waals surface area contributed by atoms with Crippen molar-refractivity contribution >= 4 is 27.7 Å². The maximum atomic E-state index is 12.0. The molecule has 0 bridgehead atoms. The molecule has 0 radical (unpaired) electrons. The van der Waals surface area contributed by atoms with E-state index in [1.54, 1.807) is 12.1 Å². The summed E-state index contributed by atoms with van der Waals surface area (Å²) in [6.45, 7) is 1.81. The van der Waals surface area contributed by atoms with Gasteiger partial charge in [0.2, 0.25) is 0 Å². The van der Waals surface area contributed by atoms with Crippen LogP contribution in [0.15, 0.2) is 27.3 Å². The third-order valence-electron chi connectivity index (χ3n) is 3.02. The van der Waals surface area contributed by atoms with Crippen LogP contribution in [0.25, 0.3) is 0 Å². The number of hydrogen-bond donors (Lipinski definition) is 1. The van der Waals surface area contributed by atoms with Crippen LogP contribution in [0.5, 0.6) is 0 Å². The first-order chi connectivity index (χ1) is 9.13. The van der Waals surface area contributed by atoms with Gasteiger partial charge in [-0.2, -0.15) is 5.10 Å². The Morgan fingerprint density at radius 3 is 2.74 bits per heavy atom. The number of anilines is 1. The highest BCUT2D eigenvalue weighted by atomic mass is 79.9. The van der Waals surface area contributed by atoms with Crippen molar-refractivity contribution in [2.75, 3.05) is 5.32 Å². The molecule has 6 heteroatoms. The van der Waals surface area contributed by atoms with Crippen molar-refractivity contribution in [3.63, 3.8) is 0 Å². The van der Waals surface area contributed by atoms with E-state index >= 15 is 0 Å². The van der Waals surface area contributed by atoms with Gasteiger partial charge < -0.3 is 9.73 Å². The van der Waals surface area contributed by atoms with Gasteiger partial charge in [-0.3, -0.25) is 4.79 Å². The Labute approximate surface area is 118 Å². The quantitative estimate of drug-likeness (QED) is 0.942. The number of carbonyl (C=O) groups is 1. The topological polar surface area (TPSA) is 68.0 Å². The molecule has 2 aromatic rings. The maximum absolute atomic E-state index is 12.0. The molecule has 1 N–H and O–H groups in total. The lowest BCUT2D eigenvalue weighted by Crippen LogP contribution is -2.13. The molecule has 0 atom stereocenters. The van der Waals surface area contributed by atoms with Gasteiger partial charge in [0.05, 0.1) is 5.69 Å². The standard InChI is InChI=1S/C13H12BrN3O2/c1-7-6-10(14)19-12(7)13(18)15-11-5-4-9(16-17-11)8-2-3-8/h4-6,8H,2-3H2,1H3,(H,15,17,18). The van der Waals surface area contributed by atoms with E-state index in [4.69, 9.17) is 4.42 Å². The normalized spacial score (nSPS) is 14.4. The number of halogens is 1. The monoisotopic (exact) mass is 321 g/mol. The van der Waals surface area contributed by atoms with Crippen LogP contribution in [-0.2, 0) is 0 Å². The number of furan rings is 1. The molecule has 98 valence electrons. The summed E-state index contributed by atoms with van der Waals surface area (Å²) in [4.78, 5) is 12.0. The molecule has 2 heterocycles. The number of nitrogens with one attached hydrogen (secondary N) is 1. The predicted molar refractivity (Wildman–Crippen MR) is 73.1 cm³/mol. The van der Waals surface area contributed by atoms with Gasteiger partial charge in [0.1, 0.15) is 0 Å². The molecule has 5 nitrogen and oxygen atoms in total. The van der Waals surface area contributed by atoms with E-state index in [1.807, 2.05) is 13.0 Å². The average Bonchev–Trinajstić information content (AvgIpc) is 3.16. The molecule has 2 aromatic heterocycles. The van der Waals surface area contributed by atoms with E-state index in [1.165, 1.54) is 12.8 Å². The number of aryl methyl sites for hydroxylation is 1. The van der Waals surface area contributed by atoms with Gasteiger partial charge in [-0.1, -0.05) is 0 Å². The summed E-state index contributed by atoms with van der Waals surface area (Å²) in [7, 11) is 0. The average molecular weight is 322 g/mol. The van der Waals surface area contributed by atoms with Crippen LogP contribution < -0.4 is 5.32 Å². The van der Waals surface area contributed by atoms with Crippen LogP contribution in [0.1, 0.15) is 40.6 Å². The number of hydrogen-bond acceptors (Lipinski definition) is 4. The second-order valence-corrected chi connectivity index (χ2v) is 5.42. The van der Waals surface area contributed by atoms with E-state index in [2.05, 4.69) is 31.4 Å². The second kappa shape index (κ2) is 4.77. The van der Waals surface area contributed by atoms with E-state index in [0.717, 1.165) is 11.3 Å². The Balaban J connectivity index is 1.73. The molecule has 3 rings (SSSR count). The highest BCUT2D eigenvalue weighted by Crippen LogP contribution is 2.38. The minimum absolute atomic E-state index is 0.278. The third-order valence-corrected chi connectivity index (χ3v) is 3.41. The molecule has 1 fully saturated rings. The highest BCUT2D eigenvalue weighted by Gasteiger charge is 2.25. The van der Waals surface area contributed by atoms with Crippen molar-refractivity contribution < 1.29 is 9.21 Å². The molecule has 1 aliphatic carbocycles. The molecular formula is C13H12BrN3O2. The molecule has 0 unspecified atom stereocenters. The molecule has 1 saturated carbocycles. The lowest BCUT2D eigenvalue weighted by Gasteiger charge is -2.03. The van der Waals surface area contributed by atoms with Crippen molar-refractivity contribution in [3.8, 4) is 0 Å². The number of rotatable bonds is 3. The molecule has 0 aliphatic heterocycles. The predicted octanol–water partition coefficient (Wildman–Crippen LogP) is 3.27. The van der Waals surface area contributed by atoms with Crippen molar-refractivity contribution in [1.82, 2.24) is 10.2 Å². The number of aromatic nitrogens is 2. The Morgan fingerprint density at radius 1 is 1.42 bits per heavy atom. The van der Waals surface area contributed by atoms with Crippen LogP contribution >= 0.6 is 15.9 Å². The number of nitrogens with zero attached hydrogens (tertiary/aromatic N) is 2. The minimum Gasteiger partial charge on any atom is -0.444 e. The molecule has 1 aliphatic rings. The zero-order valence-electron chi connectivity index (χ0n) is 10.3. The van der Waals surface area contributed by atoms with Crippen molar-refractivity contribution in [2.24, 2.45) is 0 Å². The van der Waals surface area contributed by atoms with E-state index in [0.29, 0.717) is 16.4 Å². The maximum Gasteiger partial charge on any atom is 0.292 e. The summed E-state index contributed by atoms with van der Waals surface area (Å²) in [6, 6.07) is 5.42. The SMILES string of the molecule is Cc1cc(Br)oc1C(=O)Nc1ccc(C2CC2)nn1.